The fraction of sp³-hybridized carbons (Fsp3) is 0.0159. The van der Waals surface area contributed by atoms with Crippen LogP contribution in [-0.4, -0.2) is 9.97 Å². The van der Waals surface area contributed by atoms with Crippen LogP contribution in [0.4, 0.5) is 0 Å². The Bertz CT molecular complexity index is 3470. The molecule has 0 atom stereocenters. The molecule has 65 heavy (non-hydrogen) atoms. The molecule has 12 rings (SSSR count). The highest BCUT2D eigenvalue weighted by molar-refractivity contribution is 6.05. The van der Waals surface area contributed by atoms with Crippen LogP contribution >= 0.6 is 0 Å². The number of rotatable bonds is 8. The molecule has 0 saturated carbocycles. The van der Waals surface area contributed by atoms with Gasteiger partial charge in [-0.1, -0.05) is 243 Å². The molecule has 0 unspecified atom stereocenters. The van der Waals surface area contributed by atoms with Gasteiger partial charge >= 0.3 is 0 Å². The van der Waals surface area contributed by atoms with E-state index >= 15 is 0 Å². The second-order valence-electron chi connectivity index (χ2n) is 16.8. The summed E-state index contributed by atoms with van der Waals surface area (Å²) < 4.78 is 0. The van der Waals surface area contributed by atoms with E-state index in [9.17, 15) is 0 Å². The van der Waals surface area contributed by atoms with Gasteiger partial charge in [0.2, 0.25) is 0 Å². The summed E-state index contributed by atoms with van der Waals surface area (Å²) in [5.41, 5.74) is 19.2. The van der Waals surface area contributed by atoms with Gasteiger partial charge in [-0.3, -0.25) is 0 Å². The van der Waals surface area contributed by atoms with E-state index in [1.807, 2.05) is 18.2 Å². The molecule has 0 N–H and O–H groups in total. The first-order valence-electron chi connectivity index (χ1n) is 22.3. The van der Waals surface area contributed by atoms with Crippen molar-refractivity contribution in [3.05, 3.63) is 277 Å². The molecule has 0 radical (unpaired) electrons. The number of hydrogen-bond donors (Lipinski definition) is 0. The highest BCUT2D eigenvalue weighted by Crippen LogP contribution is 2.56. The monoisotopic (exact) mass is 826 g/mol. The molecule has 1 aliphatic carbocycles. The maximum Gasteiger partial charge on any atom is 0.160 e. The van der Waals surface area contributed by atoms with Crippen LogP contribution in [0, 0.1) is 0 Å². The summed E-state index contributed by atoms with van der Waals surface area (Å²) in [6.07, 6.45) is 0. The Morgan fingerprint density at radius 3 is 1.34 bits per heavy atom. The molecule has 0 bridgehead atoms. The van der Waals surface area contributed by atoms with E-state index < -0.39 is 5.41 Å². The van der Waals surface area contributed by atoms with E-state index in [0.717, 1.165) is 50.2 Å². The lowest BCUT2D eigenvalue weighted by Gasteiger charge is -2.34. The molecular formula is C63H42N2. The van der Waals surface area contributed by atoms with Crippen LogP contribution in [0.15, 0.2) is 255 Å². The third kappa shape index (κ3) is 6.50. The van der Waals surface area contributed by atoms with Crippen molar-refractivity contribution in [2.24, 2.45) is 0 Å². The van der Waals surface area contributed by atoms with Gasteiger partial charge < -0.3 is 0 Å². The van der Waals surface area contributed by atoms with Gasteiger partial charge in [0.1, 0.15) is 0 Å². The third-order valence-electron chi connectivity index (χ3n) is 13.2. The van der Waals surface area contributed by atoms with Crippen LogP contribution in [-0.2, 0) is 5.41 Å². The number of fused-ring (bicyclic) bond motifs is 4. The minimum absolute atomic E-state index is 0.442. The van der Waals surface area contributed by atoms with Crippen molar-refractivity contribution in [2.75, 3.05) is 0 Å². The van der Waals surface area contributed by atoms with Gasteiger partial charge in [0.05, 0.1) is 16.8 Å². The summed E-state index contributed by atoms with van der Waals surface area (Å²) in [5, 5.41) is 2.32. The van der Waals surface area contributed by atoms with Crippen molar-refractivity contribution in [3.63, 3.8) is 0 Å². The van der Waals surface area contributed by atoms with E-state index in [0.29, 0.717) is 5.82 Å². The van der Waals surface area contributed by atoms with E-state index in [1.54, 1.807) is 0 Å². The quantitative estimate of drug-likeness (QED) is 0.152. The Kier molecular flexibility index (Phi) is 9.43. The molecule has 1 heterocycles. The SMILES string of the molecule is c1ccc(-c2nc(-c3ccccc3-c3ccccc3)cc(-c3ccc(-c4ccc(-c5ccc6c(c5)C(c5ccccc5)(c5ccccc5)c5ccccc5-6)cc4)c4ccccc34)n2)cc1. The Morgan fingerprint density at radius 1 is 0.246 bits per heavy atom. The smallest absolute Gasteiger partial charge is 0.160 e. The lowest BCUT2D eigenvalue weighted by Crippen LogP contribution is -2.28. The highest BCUT2D eigenvalue weighted by atomic mass is 14.9. The molecule has 2 nitrogen and oxygen atoms in total. The first-order valence-corrected chi connectivity index (χ1v) is 22.3. The lowest BCUT2D eigenvalue weighted by atomic mass is 9.67. The number of benzene rings is 10. The van der Waals surface area contributed by atoms with Crippen molar-refractivity contribution in [3.8, 4) is 78.4 Å². The standard InChI is InChI=1S/C63H42N2/c1-5-19-44(20-6-1)50-27-13-16-31-56(50)60-42-61(65-62(64-60)46-21-7-2-8-22-46)57-40-39-51(52-28-14-15-29-53(52)57)45-35-33-43(34-36-45)47-37-38-55-54-30-17-18-32-58(54)63(59(55)41-47,48-23-9-3-10-24-48)49-25-11-4-12-26-49/h1-42H. The minimum Gasteiger partial charge on any atom is -0.228 e. The van der Waals surface area contributed by atoms with Crippen molar-refractivity contribution in [1.82, 2.24) is 9.97 Å². The van der Waals surface area contributed by atoms with Gasteiger partial charge in [-0.05, 0) is 89.7 Å². The van der Waals surface area contributed by atoms with Crippen molar-refractivity contribution in [1.29, 1.82) is 0 Å². The molecule has 1 aromatic heterocycles. The van der Waals surface area contributed by atoms with Gasteiger partial charge in [-0.25, -0.2) is 9.97 Å². The van der Waals surface area contributed by atoms with E-state index in [2.05, 4.69) is 237 Å². The molecule has 1 aliphatic rings. The summed E-state index contributed by atoms with van der Waals surface area (Å²) in [5.74, 6) is 0.699. The van der Waals surface area contributed by atoms with Crippen LogP contribution < -0.4 is 0 Å². The van der Waals surface area contributed by atoms with Gasteiger partial charge in [-0.15, -0.1) is 0 Å². The van der Waals surface area contributed by atoms with Crippen molar-refractivity contribution >= 4 is 10.8 Å². The molecule has 0 saturated heterocycles. The normalized spacial score (nSPS) is 12.4. The first-order chi connectivity index (χ1) is 32.2. The molecular weight excluding hydrogens is 785 g/mol. The highest BCUT2D eigenvalue weighted by Gasteiger charge is 2.46. The molecule has 10 aromatic carbocycles. The van der Waals surface area contributed by atoms with Crippen LogP contribution in [0.3, 0.4) is 0 Å². The second kappa shape index (κ2) is 16.0. The maximum absolute atomic E-state index is 5.28. The summed E-state index contributed by atoms with van der Waals surface area (Å²) in [6.45, 7) is 0. The largest absolute Gasteiger partial charge is 0.228 e. The summed E-state index contributed by atoms with van der Waals surface area (Å²) in [4.78, 5) is 10.5. The average molecular weight is 827 g/mol. The number of nitrogens with zero attached hydrogens (tertiary/aromatic N) is 2. The summed E-state index contributed by atoms with van der Waals surface area (Å²) in [6, 6.07) is 91.9. The summed E-state index contributed by atoms with van der Waals surface area (Å²) in [7, 11) is 0. The number of hydrogen-bond acceptors (Lipinski definition) is 2. The van der Waals surface area contributed by atoms with Crippen LogP contribution in [0.5, 0.6) is 0 Å². The Balaban J connectivity index is 0.955. The van der Waals surface area contributed by atoms with Crippen LogP contribution in [0.2, 0.25) is 0 Å². The fourth-order valence-corrected chi connectivity index (χ4v) is 10.3. The van der Waals surface area contributed by atoms with Crippen molar-refractivity contribution < 1.29 is 0 Å². The molecule has 2 heteroatoms. The molecule has 0 amide bonds. The molecule has 0 aliphatic heterocycles. The Labute approximate surface area is 379 Å². The lowest BCUT2D eigenvalue weighted by molar-refractivity contribution is 0.769. The Hall–Kier alpha value is -8.46. The zero-order valence-corrected chi connectivity index (χ0v) is 35.6. The predicted octanol–water partition coefficient (Wildman–Crippen LogP) is 16.0. The topological polar surface area (TPSA) is 25.8 Å². The molecule has 0 spiro atoms. The molecule has 0 fully saturated rings. The maximum atomic E-state index is 5.28. The zero-order chi connectivity index (χ0) is 43.2. The average Bonchev–Trinajstić information content (AvgIpc) is 3.69. The zero-order valence-electron chi connectivity index (χ0n) is 35.6. The number of aromatic nitrogens is 2. The second-order valence-corrected chi connectivity index (χ2v) is 16.8. The van der Waals surface area contributed by atoms with Crippen molar-refractivity contribution in [2.45, 2.75) is 5.41 Å². The van der Waals surface area contributed by atoms with Gasteiger partial charge in [-0.2, -0.15) is 0 Å². The molecule has 11 aromatic rings. The van der Waals surface area contributed by atoms with Gasteiger partial charge in [0.15, 0.2) is 5.82 Å². The summed E-state index contributed by atoms with van der Waals surface area (Å²) >= 11 is 0. The third-order valence-corrected chi connectivity index (χ3v) is 13.2. The van der Waals surface area contributed by atoms with Gasteiger partial charge in [0, 0.05) is 16.7 Å². The fourth-order valence-electron chi connectivity index (χ4n) is 10.3. The van der Waals surface area contributed by atoms with E-state index in [4.69, 9.17) is 9.97 Å². The predicted molar refractivity (Wildman–Crippen MR) is 269 cm³/mol. The van der Waals surface area contributed by atoms with E-state index in [-0.39, 0.29) is 0 Å². The van der Waals surface area contributed by atoms with Crippen LogP contribution in [0.1, 0.15) is 22.3 Å². The Morgan fingerprint density at radius 2 is 0.677 bits per heavy atom. The molecule has 304 valence electrons. The minimum atomic E-state index is -0.442. The van der Waals surface area contributed by atoms with E-state index in [1.165, 1.54) is 55.5 Å². The van der Waals surface area contributed by atoms with Gasteiger partial charge in [0.25, 0.3) is 0 Å². The first kappa shape index (κ1) is 38.2. The van der Waals surface area contributed by atoms with Crippen LogP contribution in [0.25, 0.3) is 89.2 Å².